The maximum atomic E-state index is 11.0. The van der Waals surface area contributed by atoms with E-state index in [0.29, 0.717) is 6.42 Å². The van der Waals surface area contributed by atoms with Crippen LogP contribution in [0.1, 0.15) is 122 Å². The highest BCUT2D eigenvalue weighted by atomic mass is 16.5. The van der Waals surface area contributed by atoms with Gasteiger partial charge in [0, 0.05) is 6.42 Å². The summed E-state index contributed by atoms with van der Waals surface area (Å²) in [6.45, 7) is 2.17. The summed E-state index contributed by atoms with van der Waals surface area (Å²) in [7, 11) is 1.46. The molecule has 0 saturated carbocycles. The first-order chi connectivity index (χ1) is 15.3. The van der Waals surface area contributed by atoms with Gasteiger partial charge in [-0.15, -0.1) is 0 Å². The van der Waals surface area contributed by atoms with Crippen LogP contribution in [0.4, 0.5) is 0 Å². The number of ether oxygens (including phenoxy) is 1. The van der Waals surface area contributed by atoms with Crippen molar-refractivity contribution in [3.8, 4) is 0 Å². The largest absolute Gasteiger partial charge is 0.469 e. The zero-order chi connectivity index (χ0) is 22.7. The normalized spacial score (nSPS) is 12.2. The zero-order valence-corrected chi connectivity index (χ0v) is 20.7. The van der Waals surface area contributed by atoms with Crippen molar-refractivity contribution in [3.05, 3.63) is 48.6 Å². The Morgan fingerprint density at radius 3 is 1.42 bits per heavy atom. The van der Waals surface area contributed by atoms with E-state index in [2.05, 4.69) is 60.3 Å². The second kappa shape index (κ2) is 26.5. The average Bonchev–Trinajstić information content (AvgIpc) is 2.78. The molecular weight excluding hydrogens is 380 g/mol. The summed E-state index contributed by atoms with van der Waals surface area (Å²) in [4.78, 5) is 11.0. The number of esters is 1. The molecule has 0 N–H and O–H groups in total. The molecular formula is C29H50O2. The third-order valence-electron chi connectivity index (χ3n) is 5.42. The summed E-state index contributed by atoms with van der Waals surface area (Å²) < 4.78 is 4.65. The number of carbonyl (C=O) groups is 1. The van der Waals surface area contributed by atoms with Gasteiger partial charge in [-0.05, 0) is 64.2 Å². The van der Waals surface area contributed by atoms with E-state index in [-0.39, 0.29) is 5.97 Å². The van der Waals surface area contributed by atoms with Gasteiger partial charge in [-0.2, -0.15) is 0 Å². The Bertz CT molecular complexity index is 485. The number of methoxy groups -OCH3 is 1. The predicted molar refractivity (Wildman–Crippen MR) is 137 cm³/mol. The van der Waals surface area contributed by atoms with Crippen LogP contribution in [-0.4, -0.2) is 13.1 Å². The zero-order valence-electron chi connectivity index (χ0n) is 20.7. The molecule has 0 aliphatic heterocycles. The molecule has 0 heterocycles. The Kier molecular flexibility index (Phi) is 25.1. The predicted octanol–water partition coefficient (Wildman–Crippen LogP) is 9.43. The highest BCUT2D eigenvalue weighted by molar-refractivity contribution is 5.68. The van der Waals surface area contributed by atoms with Crippen LogP contribution in [-0.2, 0) is 9.53 Å². The van der Waals surface area contributed by atoms with E-state index >= 15 is 0 Å². The van der Waals surface area contributed by atoms with Crippen molar-refractivity contribution in [2.45, 2.75) is 122 Å². The van der Waals surface area contributed by atoms with Crippen molar-refractivity contribution in [2.75, 3.05) is 7.11 Å². The molecule has 0 aromatic heterocycles. The van der Waals surface area contributed by atoms with Crippen molar-refractivity contribution in [3.63, 3.8) is 0 Å². The summed E-state index contributed by atoms with van der Waals surface area (Å²) in [5.74, 6) is -0.0763. The maximum absolute atomic E-state index is 11.0. The van der Waals surface area contributed by atoms with Crippen LogP contribution in [0.25, 0.3) is 0 Å². The van der Waals surface area contributed by atoms with Gasteiger partial charge in [-0.1, -0.05) is 100 Å². The van der Waals surface area contributed by atoms with Crippen molar-refractivity contribution < 1.29 is 9.53 Å². The maximum Gasteiger partial charge on any atom is 0.305 e. The van der Waals surface area contributed by atoms with Crippen molar-refractivity contribution >= 4 is 5.97 Å². The molecule has 31 heavy (non-hydrogen) atoms. The van der Waals surface area contributed by atoms with Crippen LogP contribution in [0.3, 0.4) is 0 Å². The van der Waals surface area contributed by atoms with Gasteiger partial charge in [0.1, 0.15) is 0 Å². The molecule has 0 bridgehead atoms. The van der Waals surface area contributed by atoms with Crippen LogP contribution in [0.15, 0.2) is 48.6 Å². The van der Waals surface area contributed by atoms with Gasteiger partial charge in [0.2, 0.25) is 0 Å². The summed E-state index contributed by atoms with van der Waals surface area (Å²) in [5, 5.41) is 0. The second-order valence-corrected chi connectivity index (χ2v) is 8.35. The molecule has 0 aromatic carbocycles. The first-order valence-corrected chi connectivity index (χ1v) is 13.0. The van der Waals surface area contributed by atoms with Crippen molar-refractivity contribution in [2.24, 2.45) is 0 Å². The van der Waals surface area contributed by atoms with Crippen molar-refractivity contribution in [1.29, 1.82) is 0 Å². The third kappa shape index (κ3) is 26.4. The lowest BCUT2D eigenvalue weighted by atomic mass is 10.1. The van der Waals surface area contributed by atoms with Gasteiger partial charge in [0.25, 0.3) is 0 Å². The van der Waals surface area contributed by atoms with E-state index in [9.17, 15) is 4.79 Å². The molecule has 0 saturated heterocycles. The number of unbranched alkanes of at least 4 members (excludes halogenated alkanes) is 12. The standard InChI is InChI=1S/C29H50O2/c1-3-4-5-6-7-8-9-10-11-12-13-14-15-16-17-18-19-20-21-22-23-24-25-26-27-28-29(30)31-2/h4-5,7-8,10-11,19-20H,3,6,9,12-18,21-28H2,1-2H3/b5-4+,8-7+,11-10+,20-19+. The van der Waals surface area contributed by atoms with Gasteiger partial charge in [0.05, 0.1) is 7.11 Å². The molecule has 0 radical (unpaired) electrons. The van der Waals surface area contributed by atoms with Crippen molar-refractivity contribution in [1.82, 2.24) is 0 Å². The molecule has 178 valence electrons. The molecule has 0 spiro atoms. The highest BCUT2D eigenvalue weighted by Crippen LogP contribution is 2.11. The molecule has 2 heteroatoms. The minimum atomic E-state index is -0.0763. The first-order valence-electron chi connectivity index (χ1n) is 13.0. The quantitative estimate of drug-likeness (QED) is 0.0971. The molecule has 0 atom stereocenters. The molecule has 0 amide bonds. The Morgan fingerprint density at radius 1 is 0.548 bits per heavy atom. The van der Waals surface area contributed by atoms with Gasteiger partial charge in [-0.25, -0.2) is 0 Å². The fourth-order valence-corrected chi connectivity index (χ4v) is 3.46. The number of hydrogen-bond donors (Lipinski definition) is 0. The fourth-order valence-electron chi connectivity index (χ4n) is 3.46. The van der Waals surface area contributed by atoms with Crippen LogP contribution < -0.4 is 0 Å². The minimum absolute atomic E-state index is 0.0763. The van der Waals surface area contributed by atoms with E-state index in [1.54, 1.807) is 0 Å². The van der Waals surface area contributed by atoms with E-state index in [1.807, 2.05) is 0 Å². The van der Waals surface area contributed by atoms with E-state index in [1.165, 1.54) is 84.2 Å². The Labute approximate surface area is 193 Å². The minimum Gasteiger partial charge on any atom is -0.469 e. The summed E-state index contributed by atoms with van der Waals surface area (Å²) >= 11 is 0. The number of hydrogen-bond acceptors (Lipinski definition) is 2. The monoisotopic (exact) mass is 430 g/mol. The lowest BCUT2D eigenvalue weighted by Gasteiger charge is -2.01. The average molecular weight is 431 g/mol. The number of carbonyl (C=O) groups excluding carboxylic acids is 1. The molecule has 0 rings (SSSR count). The highest BCUT2D eigenvalue weighted by Gasteiger charge is 1.98. The Balaban J connectivity index is 3.23. The molecule has 2 nitrogen and oxygen atoms in total. The summed E-state index contributed by atoms with van der Waals surface area (Å²) in [6, 6.07) is 0. The van der Waals surface area contributed by atoms with E-state index < -0.39 is 0 Å². The molecule has 0 aliphatic rings. The third-order valence-corrected chi connectivity index (χ3v) is 5.42. The van der Waals surface area contributed by atoms with Crippen LogP contribution in [0, 0.1) is 0 Å². The van der Waals surface area contributed by atoms with Crippen LogP contribution in [0.5, 0.6) is 0 Å². The van der Waals surface area contributed by atoms with Gasteiger partial charge in [0.15, 0.2) is 0 Å². The topological polar surface area (TPSA) is 26.3 Å². The van der Waals surface area contributed by atoms with Gasteiger partial charge < -0.3 is 4.74 Å². The summed E-state index contributed by atoms with van der Waals surface area (Å²) in [5.41, 5.74) is 0. The lowest BCUT2D eigenvalue weighted by Crippen LogP contribution is -1.99. The van der Waals surface area contributed by atoms with Gasteiger partial charge >= 0.3 is 5.97 Å². The molecule has 0 fully saturated rings. The molecule has 0 aromatic rings. The molecule has 0 aliphatic carbocycles. The summed E-state index contributed by atoms with van der Waals surface area (Å²) in [6.07, 6.45) is 39.9. The second-order valence-electron chi connectivity index (χ2n) is 8.35. The first kappa shape index (κ1) is 29.4. The van der Waals surface area contributed by atoms with Crippen LogP contribution >= 0.6 is 0 Å². The van der Waals surface area contributed by atoms with Crippen LogP contribution in [0.2, 0.25) is 0 Å². The smallest absolute Gasteiger partial charge is 0.305 e. The molecule has 0 unspecified atom stereocenters. The Hall–Kier alpha value is -1.57. The van der Waals surface area contributed by atoms with Gasteiger partial charge in [-0.3, -0.25) is 4.79 Å². The van der Waals surface area contributed by atoms with E-state index in [4.69, 9.17) is 0 Å². The fraction of sp³-hybridized carbons (Fsp3) is 0.690. The van der Waals surface area contributed by atoms with E-state index in [0.717, 1.165) is 32.1 Å². The Morgan fingerprint density at radius 2 is 0.935 bits per heavy atom. The SMILES string of the molecule is CC/C=C/C/C=C/C/C=C/CCCCCCC/C=C/CCCCCCCCC(=O)OC. The number of allylic oxidation sites excluding steroid dienone is 8. The lowest BCUT2D eigenvalue weighted by molar-refractivity contribution is -0.140. The number of rotatable bonds is 22.